The molecule has 1 fully saturated rings. The molecule has 0 aliphatic carbocycles. The summed E-state index contributed by atoms with van der Waals surface area (Å²) in [7, 11) is 0. The van der Waals surface area contributed by atoms with Crippen molar-refractivity contribution in [2.24, 2.45) is 0 Å². The minimum Gasteiger partial charge on any atom is -0.395 e. The topological polar surface area (TPSA) is 41.5 Å². The van der Waals surface area contributed by atoms with Crippen LogP contribution in [0.4, 0.5) is 0 Å². The Kier molecular flexibility index (Phi) is 11.0. The molecule has 0 bridgehead atoms. The van der Waals surface area contributed by atoms with Crippen molar-refractivity contribution in [3.63, 3.8) is 0 Å². The summed E-state index contributed by atoms with van der Waals surface area (Å²) in [6, 6.07) is 8.80. The molecule has 0 spiro atoms. The van der Waals surface area contributed by atoms with Gasteiger partial charge in [-0.25, -0.2) is 0 Å². The zero-order chi connectivity index (χ0) is 16.3. The Hall–Kier alpha value is -0.870. The fourth-order valence-electron chi connectivity index (χ4n) is 2.90. The molecule has 4 heteroatoms. The molecule has 2 rings (SSSR count). The molecule has 0 radical (unpaired) electrons. The van der Waals surface area contributed by atoms with Gasteiger partial charge in [-0.05, 0) is 30.4 Å². The standard InChI is InChI=1S/C20H31NO2.ClH/c1-2-3-4-5-6-7-8-17-9-11-18(12-10-17)16-23-20-13-19(15-22)21-14-20;/h7-12,19-22H,2-6,13-16H2,1H3;1H/b8-7+;/t19-,20+;/m1./s1. The Balaban J connectivity index is 0.00000288. The molecule has 0 aromatic heterocycles. The van der Waals surface area contributed by atoms with E-state index in [-0.39, 0.29) is 31.2 Å². The Bertz CT molecular complexity index is 461. The Morgan fingerprint density at radius 1 is 1.21 bits per heavy atom. The molecular formula is C20H32ClNO2. The highest BCUT2D eigenvalue weighted by Gasteiger charge is 2.23. The summed E-state index contributed by atoms with van der Waals surface area (Å²) in [6.45, 7) is 3.92. The minimum atomic E-state index is 0. The lowest BCUT2D eigenvalue weighted by atomic mass is 10.1. The zero-order valence-corrected chi connectivity index (χ0v) is 15.6. The molecule has 1 heterocycles. The summed E-state index contributed by atoms with van der Waals surface area (Å²) in [6.07, 6.45) is 12.0. The second-order valence-electron chi connectivity index (χ2n) is 6.45. The van der Waals surface area contributed by atoms with Crippen LogP contribution in [0.1, 0.15) is 56.6 Å². The lowest BCUT2D eigenvalue weighted by Crippen LogP contribution is -2.24. The van der Waals surface area contributed by atoms with E-state index in [1.807, 2.05) is 0 Å². The molecule has 136 valence electrons. The summed E-state index contributed by atoms with van der Waals surface area (Å²) in [5, 5.41) is 12.4. The molecule has 3 nitrogen and oxygen atoms in total. The van der Waals surface area contributed by atoms with Crippen molar-refractivity contribution < 1.29 is 9.84 Å². The third-order valence-corrected chi connectivity index (χ3v) is 4.40. The molecule has 1 aromatic rings. The van der Waals surface area contributed by atoms with Crippen molar-refractivity contribution in [3.8, 4) is 0 Å². The van der Waals surface area contributed by atoms with Crippen molar-refractivity contribution in [2.75, 3.05) is 13.2 Å². The van der Waals surface area contributed by atoms with Crippen molar-refractivity contribution in [1.82, 2.24) is 5.32 Å². The predicted molar refractivity (Wildman–Crippen MR) is 104 cm³/mol. The van der Waals surface area contributed by atoms with Crippen LogP contribution in [-0.2, 0) is 11.3 Å². The second-order valence-corrected chi connectivity index (χ2v) is 6.45. The van der Waals surface area contributed by atoms with E-state index in [1.54, 1.807) is 0 Å². The number of ether oxygens (including phenoxy) is 1. The average Bonchev–Trinajstić information content (AvgIpc) is 3.05. The van der Waals surface area contributed by atoms with E-state index in [0.717, 1.165) is 13.0 Å². The van der Waals surface area contributed by atoms with Gasteiger partial charge in [0, 0.05) is 12.6 Å². The molecule has 1 saturated heterocycles. The van der Waals surface area contributed by atoms with Gasteiger partial charge in [-0.1, -0.05) is 62.6 Å². The largest absolute Gasteiger partial charge is 0.395 e. The first-order valence-corrected chi connectivity index (χ1v) is 9.03. The summed E-state index contributed by atoms with van der Waals surface area (Å²) in [5.74, 6) is 0. The number of benzene rings is 1. The van der Waals surface area contributed by atoms with Crippen LogP contribution in [0.15, 0.2) is 30.3 Å². The Labute approximate surface area is 152 Å². The van der Waals surface area contributed by atoms with E-state index in [4.69, 9.17) is 9.84 Å². The minimum absolute atomic E-state index is 0. The third-order valence-electron chi connectivity index (χ3n) is 4.40. The van der Waals surface area contributed by atoms with Crippen LogP contribution in [0.2, 0.25) is 0 Å². The van der Waals surface area contributed by atoms with E-state index in [2.05, 4.69) is 48.7 Å². The van der Waals surface area contributed by atoms with Crippen LogP contribution >= 0.6 is 12.4 Å². The summed E-state index contributed by atoms with van der Waals surface area (Å²) in [5.41, 5.74) is 2.46. The number of hydrogen-bond donors (Lipinski definition) is 2. The fraction of sp³-hybridized carbons (Fsp3) is 0.600. The van der Waals surface area contributed by atoms with Gasteiger partial charge < -0.3 is 15.2 Å². The monoisotopic (exact) mass is 353 g/mol. The third kappa shape index (κ3) is 7.80. The van der Waals surface area contributed by atoms with E-state index in [0.29, 0.717) is 6.61 Å². The highest BCUT2D eigenvalue weighted by atomic mass is 35.5. The lowest BCUT2D eigenvalue weighted by Gasteiger charge is -2.11. The van der Waals surface area contributed by atoms with Crippen molar-refractivity contribution in [1.29, 1.82) is 0 Å². The van der Waals surface area contributed by atoms with Crippen LogP contribution in [0.25, 0.3) is 6.08 Å². The van der Waals surface area contributed by atoms with Gasteiger partial charge in [0.2, 0.25) is 0 Å². The van der Waals surface area contributed by atoms with Crippen molar-refractivity contribution in [2.45, 2.75) is 64.2 Å². The van der Waals surface area contributed by atoms with E-state index in [9.17, 15) is 0 Å². The molecule has 0 unspecified atom stereocenters. The van der Waals surface area contributed by atoms with Crippen LogP contribution < -0.4 is 5.32 Å². The molecule has 2 atom stereocenters. The summed E-state index contributed by atoms with van der Waals surface area (Å²) < 4.78 is 5.91. The van der Waals surface area contributed by atoms with Gasteiger partial charge in [0.05, 0.1) is 19.3 Å². The van der Waals surface area contributed by atoms with Gasteiger partial charge in [-0.2, -0.15) is 0 Å². The van der Waals surface area contributed by atoms with Crippen LogP contribution in [0.3, 0.4) is 0 Å². The van der Waals surface area contributed by atoms with Gasteiger partial charge in [0.1, 0.15) is 0 Å². The van der Waals surface area contributed by atoms with Gasteiger partial charge in [-0.3, -0.25) is 0 Å². The second kappa shape index (κ2) is 12.5. The smallest absolute Gasteiger partial charge is 0.0721 e. The first-order valence-electron chi connectivity index (χ1n) is 9.03. The first kappa shape index (κ1) is 21.2. The number of unbranched alkanes of at least 4 members (excludes halogenated alkanes) is 4. The van der Waals surface area contributed by atoms with Gasteiger partial charge in [-0.15, -0.1) is 12.4 Å². The van der Waals surface area contributed by atoms with Gasteiger partial charge in [0.15, 0.2) is 0 Å². The quantitative estimate of drug-likeness (QED) is 0.615. The molecule has 1 aliphatic rings. The fourth-order valence-corrected chi connectivity index (χ4v) is 2.90. The normalized spacial score (nSPS) is 20.4. The Morgan fingerprint density at radius 2 is 2.00 bits per heavy atom. The van der Waals surface area contributed by atoms with Gasteiger partial charge >= 0.3 is 0 Å². The number of nitrogens with one attached hydrogen (secondary N) is 1. The molecule has 0 amide bonds. The number of aliphatic hydroxyl groups excluding tert-OH is 1. The highest BCUT2D eigenvalue weighted by Crippen LogP contribution is 2.14. The maximum atomic E-state index is 9.11. The number of allylic oxidation sites excluding steroid dienone is 1. The predicted octanol–water partition coefficient (Wildman–Crippen LogP) is 4.33. The molecule has 1 aromatic carbocycles. The van der Waals surface area contributed by atoms with Crippen LogP contribution in [0.5, 0.6) is 0 Å². The van der Waals surface area contributed by atoms with E-state index >= 15 is 0 Å². The van der Waals surface area contributed by atoms with Crippen molar-refractivity contribution in [3.05, 3.63) is 41.5 Å². The zero-order valence-electron chi connectivity index (χ0n) is 14.7. The SMILES string of the molecule is CCCCCC/C=C/c1ccc(CO[C@@H]2CN[C@@H](CO)C2)cc1.Cl. The summed E-state index contributed by atoms with van der Waals surface area (Å²) >= 11 is 0. The number of hydrogen-bond acceptors (Lipinski definition) is 3. The molecular weight excluding hydrogens is 322 g/mol. The van der Waals surface area contributed by atoms with Gasteiger partial charge in [0.25, 0.3) is 0 Å². The van der Waals surface area contributed by atoms with Crippen LogP contribution in [0, 0.1) is 0 Å². The van der Waals surface area contributed by atoms with E-state index < -0.39 is 0 Å². The molecule has 24 heavy (non-hydrogen) atoms. The van der Waals surface area contributed by atoms with Crippen molar-refractivity contribution >= 4 is 18.5 Å². The number of aliphatic hydroxyl groups is 1. The lowest BCUT2D eigenvalue weighted by molar-refractivity contribution is 0.0512. The molecule has 2 N–H and O–H groups in total. The number of rotatable bonds is 10. The molecule has 1 aliphatic heterocycles. The van der Waals surface area contributed by atoms with E-state index in [1.165, 1.54) is 43.2 Å². The maximum absolute atomic E-state index is 9.11. The highest BCUT2D eigenvalue weighted by molar-refractivity contribution is 5.85. The van der Waals surface area contributed by atoms with Crippen LogP contribution in [-0.4, -0.2) is 30.4 Å². The first-order chi connectivity index (χ1) is 11.3. The molecule has 0 saturated carbocycles. The number of halogens is 1. The Morgan fingerprint density at radius 3 is 2.67 bits per heavy atom. The average molecular weight is 354 g/mol. The maximum Gasteiger partial charge on any atom is 0.0721 e. The summed E-state index contributed by atoms with van der Waals surface area (Å²) in [4.78, 5) is 0.